The Morgan fingerprint density at radius 2 is 2.03 bits per heavy atom. The molecule has 0 fully saturated rings. The van der Waals surface area contributed by atoms with Crippen molar-refractivity contribution in [1.82, 2.24) is 10.2 Å². The van der Waals surface area contributed by atoms with Crippen molar-refractivity contribution in [3.63, 3.8) is 0 Å². The molecule has 4 rings (SSSR count). The van der Waals surface area contributed by atoms with Crippen LogP contribution in [0.2, 0.25) is 0 Å². The zero-order chi connectivity index (χ0) is 22.0. The second-order valence-corrected chi connectivity index (χ2v) is 6.61. The molecule has 0 spiro atoms. The fraction of sp³-hybridized carbons (Fsp3) is 0.100. The summed E-state index contributed by atoms with van der Waals surface area (Å²) in [6, 6.07) is 13.5. The van der Waals surface area contributed by atoms with Gasteiger partial charge in [0.25, 0.3) is 17.2 Å². The van der Waals surface area contributed by atoms with E-state index in [2.05, 4.69) is 15.5 Å². The standard InChI is InChI=1S/C20H15N5O6/c26-18-7-5-15(22-23-18)12-2-1-3-13(8-12)21-19(27)10-24-16-9-14(25(29)30)4-6-17(16)31-11-20(24)28/h1-9H,10-11H2,(H,21,27)(H,23,26). The number of rotatable bonds is 5. The number of H-pyrrole nitrogens is 1. The van der Waals surface area contributed by atoms with E-state index in [-0.39, 0.29) is 35.8 Å². The summed E-state index contributed by atoms with van der Waals surface area (Å²) in [6.45, 7) is -0.622. The van der Waals surface area contributed by atoms with E-state index < -0.39 is 16.7 Å². The van der Waals surface area contributed by atoms with E-state index in [0.717, 1.165) is 4.90 Å². The van der Waals surface area contributed by atoms with Crippen LogP contribution in [0.1, 0.15) is 0 Å². The maximum Gasteiger partial charge on any atom is 0.271 e. The summed E-state index contributed by atoms with van der Waals surface area (Å²) < 4.78 is 5.30. The highest BCUT2D eigenvalue weighted by Crippen LogP contribution is 2.35. The minimum Gasteiger partial charge on any atom is -0.482 e. The van der Waals surface area contributed by atoms with Gasteiger partial charge in [-0.05, 0) is 24.3 Å². The zero-order valence-corrected chi connectivity index (χ0v) is 15.9. The molecule has 0 aliphatic carbocycles. The van der Waals surface area contributed by atoms with E-state index >= 15 is 0 Å². The number of nitrogens with zero attached hydrogens (tertiary/aromatic N) is 3. The predicted octanol–water partition coefficient (Wildman–Crippen LogP) is 1.71. The van der Waals surface area contributed by atoms with Gasteiger partial charge < -0.3 is 10.1 Å². The summed E-state index contributed by atoms with van der Waals surface area (Å²) in [5, 5.41) is 20.0. The van der Waals surface area contributed by atoms with Gasteiger partial charge in [0.05, 0.1) is 16.3 Å². The van der Waals surface area contributed by atoms with Crippen molar-refractivity contribution in [2.45, 2.75) is 0 Å². The summed E-state index contributed by atoms with van der Waals surface area (Å²) in [5.74, 6) is -0.710. The highest BCUT2D eigenvalue weighted by Gasteiger charge is 2.29. The summed E-state index contributed by atoms with van der Waals surface area (Å²) in [5.41, 5.74) is 1.24. The minimum atomic E-state index is -0.589. The smallest absolute Gasteiger partial charge is 0.271 e. The molecule has 3 aromatic rings. The number of aromatic nitrogens is 2. The SMILES string of the molecule is O=C(CN1C(=O)COc2ccc([N+](=O)[O-])cc21)Nc1cccc(-c2ccc(=O)[nH]n2)c1. The van der Waals surface area contributed by atoms with Gasteiger partial charge in [0.15, 0.2) is 6.61 Å². The van der Waals surface area contributed by atoms with Gasteiger partial charge >= 0.3 is 0 Å². The van der Waals surface area contributed by atoms with Crippen LogP contribution in [0.25, 0.3) is 11.3 Å². The molecule has 11 nitrogen and oxygen atoms in total. The first-order chi connectivity index (χ1) is 14.9. The van der Waals surface area contributed by atoms with Crippen molar-refractivity contribution in [2.75, 3.05) is 23.4 Å². The van der Waals surface area contributed by atoms with Crippen LogP contribution in [0.3, 0.4) is 0 Å². The van der Waals surface area contributed by atoms with Crippen LogP contribution in [0.4, 0.5) is 17.1 Å². The highest BCUT2D eigenvalue weighted by molar-refractivity contribution is 6.05. The second-order valence-electron chi connectivity index (χ2n) is 6.61. The largest absolute Gasteiger partial charge is 0.482 e. The van der Waals surface area contributed by atoms with E-state index in [1.807, 2.05) is 0 Å². The molecule has 0 saturated carbocycles. The van der Waals surface area contributed by atoms with Crippen molar-refractivity contribution in [3.8, 4) is 17.0 Å². The van der Waals surface area contributed by atoms with Crippen LogP contribution in [-0.4, -0.2) is 40.1 Å². The maximum atomic E-state index is 12.6. The van der Waals surface area contributed by atoms with Crippen molar-refractivity contribution in [3.05, 3.63) is 75.1 Å². The third-order valence-corrected chi connectivity index (χ3v) is 4.52. The van der Waals surface area contributed by atoms with Crippen LogP contribution < -0.4 is 20.5 Å². The summed E-state index contributed by atoms with van der Waals surface area (Å²) in [7, 11) is 0. The van der Waals surface area contributed by atoms with E-state index in [1.165, 1.54) is 24.3 Å². The van der Waals surface area contributed by atoms with Gasteiger partial charge in [-0.15, -0.1) is 0 Å². The number of amides is 2. The van der Waals surface area contributed by atoms with E-state index in [1.54, 1.807) is 30.3 Å². The fourth-order valence-electron chi connectivity index (χ4n) is 3.08. The van der Waals surface area contributed by atoms with Gasteiger partial charge in [0.1, 0.15) is 12.3 Å². The molecular weight excluding hydrogens is 406 g/mol. The summed E-state index contributed by atoms with van der Waals surface area (Å²) >= 11 is 0. The Labute approximate surface area is 174 Å². The number of fused-ring (bicyclic) bond motifs is 1. The minimum absolute atomic E-state index is 0.159. The number of carbonyl (C=O) groups is 2. The predicted molar refractivity (Wildman–Crippen MR) is 110 cm³/mol. The summed E-state index contributed by atoms with van der Waals surface area (Å²) in [6.07, 6.45) is 0. The lowest BCUT2D eigenvalue weighted by Gasteiger charge is -2.28. The third kappa shape index (κ3) is 4.24. The Morgan fingerprint density at radius 1 is 1.19 bits per heavy atom. The molecule has 156 valence electrons. The lowest BCUT2D eigenvalue weighted by Crippen LogP contribution is -2.43. The lowest BCUT2D eigenvalue weighted by atomic mass is 10.1. The van der Waals surface area contributed by atoms with Crippen molar-refractivity contribution in [2.24, 2.45) is 0 Å². The first kappa shape index (κ1) is 19.8. The molecular formula is C20H15N5O6. The molecule has 11 heteroatoms. The van der Waals surface area contributed by atoms with Crippen LogP contribution in [-0.2, 0) is 9.59 Å². The van der Waals surface area contributed by atoms with E-state index in [4.69, 9.17) is 4.74 Å². The third-order valence-electron chi connectivity index (χ3n) is 4.52. The molecule has 2 aromatic carbocycles. The Hall–Kier alpha value is -4.54. The Morgan fingerprint density at radius 3 is 2.77 bits per heavy atom. The topological polar surface area (TPSA) is 148 Å². The normalized spacial score (nSPS) is 12.6. The number of nitro benzene ring substituents is 1. The van der Waals surface area contributed by atoms with E-state index in [9.17, 15) is 24.5 Å². The Kier molecular flexibility index (Phi) is 5.14. The number of hydrogen-bond acceptors (Lipinski definition) is 7. The molecule has 0 radical (unpaired) electrons. The first-order valence-corrected chi connectivity index (χ1v) is 9.08. The number of carbonyl (C=O) groups excluding carboxylic acids is 2. The maximum absolute atomic E-state index is 12.6. The monoisotopic (exact) mass is 421 g/mol. The number of aromatic amines is 1. The van der Waals surface area contributed by atoms with Gasteiger partial charge in [-0.25, -0.2) is 5.10 Å². The molecule has 1 aliphatic heterocycles. The quantitative estimate of drug-likeness (QED) is 0.471. The molecule has 2 amide bonds. The highest BCUT2D eigenvalue weighted by atomic mass is 16.6. The molecule has 0 saturated heterocycles. The van der Waals surface area contributed by atoms with Gasteiger partial charge in [0.2, 0.25) is 5.91 Å². The molecule has 0 unspecified atom stereocenters. The second kappa shape index (κ2) is 8.06. The van der Waals surface area contributed by atoms with Crippen LogP contribution >= 0.6 is 0 Å². The van der Waals surface area contributed by atoms with Crippen LogP contribution in [0.5, 0.6) is 5.75 Å². The van der Waals surface area contributed by atoms with Gasteiger partial charge in [-0.2, -0.15) is 5.10 Å². The summed E-state index contributed by atoms with van der Waals surface area (Å²) in [4.78, 5) is 47.7. The van der Waals surface area contributed by atoms with Crippen molar-refractivity contribution in [1.29, 1.82) is 0 Å². The van der Waals surface area contributed by atoms with Gasteiger partial charge in [0, 0.05) is 29.4 Å². The average molecular weight is 421 g/mol. The number of hydrogen-bond donors (Lipinski definition) is 2. The number of nitro groups is 1. The first-order valence-electron chi connectivity index (χ1n) is 9.08. The molecule has 1 aliphatic rings. The number of anilines is 2. The van der Waals surface area contributed by atoms with Crippen LogP contribution in [0.15, 0.2) is 59.4 Å². The van der Waals surface area contributed by atoms with Gasteiger partial charge in [-0.1, -0.05) is 12.1 Å². The molecule has 0 bridgehead atoms. The van der Waals surface area contributed by atoms with Crippen LogP contribution in [0, 0.1) is 10.1 Å². The number of non-ortho nitro benzene ring substituents is 1. The van der Waals surface area contributed by atoms with Crippen molar-refractivity contribution >= 4 is 28.9 Å². The molecule has 31 heavy (non-hydrogen) atoms. The Bertz CT molecular complexity index is 1230. The molecule has 2 heterocycles. The molecule has 2 N–H and O–H groups in total. The average Bonchev–Trinajstić information content (AvgIpc) is 2.76. The fourth-order valence-corrected chi connectivity index (χ4v) is 3.08. The Balaban J connectivity index is 1.53. The zero-order valence-electron chi connectivity index (χ0n) is 15.9. The number of benzene rings is 2. The van der Waals surface area contributed by atoms with Crippen molar-refractivity contribution < 1.29 is 19.2 Å². The van der Waals surface area contributed by atoms with E-state index in [0.29, 0.717) is 16.9 Å². The number of ether oxygens (including phenoxy) is 1. The molecule has 0 atom stereocenters. The lowest BCUT2D eigenvalue weighted by molar-refractivity contribution is -0.384. The molecule has 1 aromatic heterocycles. The number of nitrogens with one attached hydrogen (secondary N) is 2. The van der Waals surface area contributed by atoms with Gasteiger partial charge in [-0.3, -0.25) is 29.4 Å².